The van der Waals surface area contributed by atoms with Gasteiger partial charge in [-0.2, -0.15) is 0 Å². The smallest absolute Gasteiger partial charge is 0.108 e. The Hall–Kier alpha value is -1.97. The van der Waals surface area contributed by atoms with Crippen molar-refractivity contribution in [3.63, 3.8) is 0 Å². The zero-order valence-electron chi connectivity index (χ0n) is 11.1. The van der Waals surface area contributed by atoms with Gasteiger partial charge in [0.1, 0.15) is 12.1 Å². The monoisotopic (exact) mass is 267 g/mol. The lowest BCUT2D eigenvalue weighted by Gasteiger charge is -2.28. The summed E-state index contributed by atoms with van der Waals surface area (Å²) in [5.74, 6) is 0. The fourth-order valence-electron chi connectivity index (χ4n) is 2.45. The van der Waals surface area contributed by atoms with Crippen molar-refractivity contribution in [1.82, 2.24) is 0 Å². The normalized spacial score (nSPS) is 20.6. The van der Waals surface area contributed by atoms with Crippen molar-refractivity contribution in [3.05, 3.63) is 71.3 Å². The minimum Gasteiger partial charge on any atom is -0.394 e. The molecular weight excluding hydrogens is 250 g/mol. The number of hydrogen-bond donors (Lipinski definition) is 1. The van der Waals surface area contributed by atoms with Gasteiger partial charge in [0.15, 0.2) is 0 Å². The predicted octanol–water partition coefficient (Wildman–Crippen LogP) is 2.74. The van der Waals surface area contributed by atoms with E-state index in [1.807, 2.05) is 60.8 Å². The van der Waals surface area contributed by atoms with Crippen LogP contribution in [0.1, 0.15) is 22.8 Å². The molecule has 3 heteroatoms. The Balaban J connectivity index is 1.81. The standard InChI is InChI=1S/C17H17NO2/c19-11-16-17(20-12-13-6-2-1-3-7-13)15-9-5-4-8-14(15)10-18-16/h1-10,16-17,19H,11-12H2. The molecule has 1 heterocycles. The summed E-state index contributed by atoms with van der Waals surface area (Å²) in [5, 5.41) is 9.49. The van der Waals surface area contributed by atoms with E-state index in [9.17, 15) is 5.11 Å². The van der Waals surface area contributed by atoms with Crippen molar-refractivity contribution in [1.29, 1.82) is 0 Å². The number of aliphatic imine (C=N–C) groups is 1. The molecule has 1 aliphatic rings. The first-order chi connectivity index (χ1) is 9.88. The van der Waals surface area contributed by atoms with Crippen molar-refractivity contribution in [3.8, 4) is 0 Å². The van der Waals surface area contributed by atoms with Crippen LogP contribution in [0.3, 0.4) is 0 Å². The van der Waals surface area contributed by atoms with Crippen LogP contribution in [-0.4, -0.2) is 24.0 Å². The van der Waals surface area contributed by atoms with Gasteiger partial charge in [-0.3, -0.25) is 4.99 Å². The van der Waals surface area contributed by atoms with E-state index >= 15 is 0 Å². The van der Waals surface area contributed by atoms with E-state index in [4.69, 9.17) is 4.74 Å². The summed E-state index contributed by atoms with van der Waals surface area (Å²) in [4.78, 5) is 4.38. The second-order valence-electron chi connectivity index (χ2n) is 4.87. The van der Waals surface area contributed by atoms with E-state index in [-0.39, 0.29) is 18.8 Å². The highest BCUT2D eigenvalue weighted by Crippen LogP contribution is 2.30. The molecule has 0 fully saturated rings. The average molecular weight is 267 g/mol. The number of benzene rings is 2. The first-order valence-corrected chi connectivity index (χ1v) is 6.77. The number of rotatable bonds is 4. The largest absolute Gasteiger partial charge is 0.394 e. The van der Waals surface area contributed by atoms with Crippen LogP contribution < -0.4 is 0 Å². The summed E-state index contributed by atoms with van der Waals surface area (Å²) < 4.78 is 6.03. The number of fused-ring (bicyclic) bond motifs is 1. The summed E-state index contributed by atoms with van der Waals surface area (Å²) >= 11 is 0. The maximum Gasteiger partial charge on any atom is 0.108 e. The minimum absolute atomic E-state index is 0.00963. The van der Waals surface area contributed by atoms with Crippen LogP contribution in [0.15, 0.2) is 59.6 Å². The third kappa shape index (κ3) is 2.64. The second kappa shape index (κ2) is 5.99. The van der Waals surface area contributed by atoms with Crippen LogP contribution >= 0.6 is 0 Å². The molecule has 0 aromatic heterocycles. The SMILES string of the molecule is OCC1N=Cc2ccccc2C1OCc1ccccc1. The van der Waals surface area contributed by atoms with Gasteiger partial charge in [-0.05, 0) is 16.7 Å². The average Bonchev–Trinajstić information content (AvgIpc) is 2.53. The molecule has 0 saturated carbocycles. The Labute approximate surface area is 118 Å². The summed E-state index contributed by atoms with van der Waals surface area (Å²) in [6.07, 6.45) is 1.62. The molecule has 20 heavy (non-hydrogen) atoms. The summed E-state index contributed by atoms with van der Waals surface area (Å²) in [7, 11) is 0. The van der Waals surface area contributed by atoms with Crippen LogP contribution in [0.5, 0.6) is 0 Å². The Morgan fingerprint density at radius 1 is 1.00 bits per heavy atom. The van der Waals surface area contributed by atoms with E-state index in [1.54, 1.807) is 0 Å². The molecule has 0 amide bonds. The van der Waals surface area contributed by atoms with Crippen LogP contribution in [0.4, 0.5) is 0 Å². The van der Waals surface area contributed by atoms with Crippen molar-refractivity contribution in [2.75, 3.05) is 6.61 Å². The van der Waals surface area contributed by atoms with Crippen molar-refractivity contribution >= 4 is 6.21 Å². The van der Waals surface area contributed by atoms with Gasteiger partial charge < -0.3 is 9.84 Å². The number of aliphatic hydroxyl groups excluding tert-OH is 1. The Morgan fingerprint density at radius 2 is 1.75 bits per heavy atom. The summed E-state index contributed by atoms with van der Waals surface area (Å²) in [5.41, 5.74) is 3.28. The molecule has 1 aliphatic heterocycles. The third-order valence-electron chi connectivity index (χ3n) is 3.52. The number of ether oxygens (including phenoxy) is 1. The molecule has 2 atom stereocenters. The minimum atomic E-state index is -0.228. The topological polar surface area (TPSA) is 41.8 Å². The van der Waals surface area contributed by atoms with Crippen molar-refractivity contribution in [2.24, 2.45) is 4.99 Å². The second-order valence-corrected chi connectivity index (χ2v) is 4.87. The zero-order chi connectivity index (χ0) is 13.8. The maximum absolute atomic E-state index is 9.49. The first-order valence-electron chi connectivity index (χ1n) is 6.77. The van der Waals surface area contributed by atoms with E-state index in [1.165, 1.54) is 0 Å². The molecule has 0 bridgehead atoms. The third-order valence-corrected chi connectivity index (χ3v) is 3.52. The highest BCUT2D eigenvalue weighted by molar-refractivity contribution is 5.83. The van der Waals surface area contributed by atoms with Crippen molar-refractivity contribution in [2.45, 2.75) is 18.8 Å². The fourth-order valence-corrected chi connectivity index (χ4v) is 2.45. The fraction of sp³-hybridized carbons (Fsp3) is 0.235. The first kappa shape index (κ1) is 13.0. The Morgan fingerprint density at radius 3 is 2.55 bits per heavy atom. The van der Waals surface area contributed by atoms with Crippen LogP contribution in [-0.2, 0) is 11.3 Å². The zero-order valence-corrected chi connectivity index (χ0v) is 11.1. The number of aliphatic hydroxyl groups is 1. The van der Waals surface area contributed by atoms with E-state index in [0.717, 1.165) is 16.7 Å². The number of nitrogens with zero attached hydrogens (tertiary/aromatic N) is 1. The molecule has 102 valence electrons. The van der Waals surface area contributed by atoms with E-state index in [2.05, 4.69) is 4.99 Å². The molecule has 0 saturated heterocycles. The van der Waals surface area contributed by atoms with Gasteiger partial charge in [0.2, 0.25) is 0 Å². The Kier molecular flexibility index (Phi) is 3.90. The van der Waals surface area contributed by atoms with Gasteiger partial charge in [0, 0.05) is 6.21 Å². The summed E-state index contributed by atoms with van der Waals surface area (Å²) in [6.45, 7) is 0.510. The number of hydrogen-bond acceptors (Lipinski definition) is 3. The summed E-state index contributed by atoms with van der Waals surface area (Å²) in [6, 6.07) is 17.9. The molecular formula is C17H17NO2. The highest BCUT2D eigenvalue weighted by atomic mass is 16.5. The van der Waals surface area contributed by atoms with Crippen molar-refractivity contribution < 1.29 is 9.84 Å². The lowest BCUT2D eigenvalue weighted by molar-refractivity contribution is 0.00840. The van der Waals surface area contributed by atoms with Gasteiger partial charge in [0.25, 0.3) is 0 Å². The predicted molar refractivity (Wildman–Crippen MR) is 78.9 cm³/mol. The van der Waals surface area contributed by atoms with E-state index < -0.39 is 0 Å². The maximum atomic E-state index is 9.49. The van der Waals surface area contributed by atoms with Crippen LogP contribution in [0.2, 0.25) is 0 Å². The molecule has 0 aliphatic carbocycles. The highest BCUT2D eigenvalue weighted by Gasteiger charge is 2.27. The molecule has 2 aromatic carbocycles. The van der Waals surface area contributed by atoms with Crippen LogP contribution in [0.25, 0.3) is 0 Å². The Bertz CT molecular complexity index is 595. The van der Waals surface area contributed by atoms with Gasteiger partial charge in [0.05, 0.1) is 13.2 Å². The van der Waals surface area contributed by atoms with Gasteiger partial charge in [-0.15, -0.1) is 0 Å². The molecule has 3 nitrogen and oxygen atoms in total. The molecule has 2 aromatic rings. The molecule has 2 unspecified atom stereocenters. The lowest BCUT2D eigenvalue weighted by atomic mass is 9.95. The molecule has 1 N–H and O–H groups in total. The van der Waals surface area contributed by atoms with Gasteiger partial charge in [-0.1, -0.05) is 54.6 Å². The van der Waals surface area contributed by atoms with Gasteiger partial charge in [-0.25, -0.2) is 0 Å². The molecule has 0 radical (unpaired) electrons. The van der Waals surface area contributed by atoms with Crippen LogP contribution in [0, 0.1) is 0 Å². The quantitative estimate of drug-likeness (QED) is 0.925. The lowest BCUT2D eigenvalue weighted by Crippen LogP contribution is -2.27. The molecule has 0 spiro atoms. The van der Waals surface area contributed by atoms with Gasteiger partial charge >= 0.3 is 0 Å². The van der Waals surface area contributed by atoms with E-state index in [0.29, 0.717) is 6.61 Å². The molecule has 3 rings (SSSR count).